The van der Waals surface area contributed by atoms with E-state index in [-0.39, 0.29) is 5.78 Å². The lowest BCUT2D eigenvalue weighted by Crippen LogP contribution is -2.33. The van der Waals surface area contributed by atoms with Crippen molar-refractivity contribution in [2.75, 3.05) is 6.54 Å². The highest BCUT2D eigenvalue weighted by atomic mass is 16.6. The third kappa shape index (κ3) is 10.4. The number of rotatable bonds is 8. The first-order valence-electron chi connectivity index (χ1n) is 6.95. The summed E-state index contributed by atoms with van der Waals surface area (Å²) < 4.78 is 5.10. The van der Waals surface area contributed by atoms with Gasteiger partial charge >= 0.3 is 6.09 Å². The highest BCUT2D eigenvalue weighted by Gasteiger charge is 2.15. The maximum atomic E-state index is 11.5. The van der Waals surface area contributed by atoms with Crippen molar-refractivity contribution < 1.29 is 14.3 Å². The van der Waals surface area contributed by atoms with Crippen molar-refractivity contribution in [2.45, 2.75) is 64.5 Å². The molecule has 0 bridgehead atoms. The number of unbranched alkanes of at least 4 members (excludes halogenated alkanes) is 1. The summed E-state index contributed by atoms with van der Waals surface area (Å²) in [6.45, 7) is 5.95. The summed E-state index contributed by atoms with van der Waals surface area (Å²) in [5, 5.41) is 2.66. The number of hydrogen-bond acceptors (Lipinski definition) is 4. The maximum Gasteiger partial charge on any atom is 0.407 e. The minimum absolute atomic E-state index is 0.00283. The Balaban J connectivity index is 3.64. The Morgan fingerprint density at radius 1 is 1.35 bits per heavy atom. The van der Waals surface area contributed by atoms with Gasteiger partial charge in [-0.05, 0) is 40.0 Å². The van der Waals surface area contributed by atoms with Gasteiger partial charge in [-0.1, -0.05) is 0 Å². The smallest absolute Gasteiger partial charge is 0.407 e. The van der Waals surface area contributed by atoms with Crippen molar-refractivity contribution in [3.05, 3.63) is 0 Å². The topological polar surface area (TPSA) is 81.4 Å². The molecule has 0 aliphatic carbocycles. The molecule has 1 atom stereocenters. The number of ether oxygens (including phenoxy) is 1. The van der Waals surface area contributed by atoms with Crippen LogP contribution in [-0.4, -0.2) is 30.1 Å². The van der Waals surface area contributed by atoms with E-state index < -0.39 is 17.7 Å². The molecule has 0 aliphatic heterocycles. The van der Waals surface area contributed by atoms with Crippen LogP contribution in [0.15, 0.2) is 0 Å². The monoisotopic (exact) mass is 282 g/mol. The second-order valence-electron chi connectivity index (χ2n) is 5.70. The molecular formula is C15H26N2O3. The van der Waals surface area contributed by atoms with Crippen LogP contribution < -0.4 is 11.1 Å². The molecule has 1 amide bonds. The van der Waals surface area contributed by atoms with E-state index >= 15 is 0 Å². The normalized spacial score (nSPS) is 12.3. The minimum atomic E-state index is -0.490. The van der Waals surface area contributed by atoms with Gasteiger partial charge in [0.25, 0.3) is 0 Å². The van der Waals surface area contributed by atoms with Gasteiger partial charge < -0.3 is 15.8 Å². The third-order valence-electron chi connectivity index (χ3n) is 2.54. The standard InChI is InChI=1S/C15H26N2O3/c1-5-6-10-13(18)12(16)9-7-8-11-17-14(19)20-15(2,3)4/h1,12H,6-11,16H2,2-4H3,(H,17,19)/t12-/m0/s1. The number of alkyl carbamates (subject to hydrolysis) is 1. The summed E-state index contributed by atoms with van der Waals surface area (Å²) >= 11 is 0. The van der Waals surface area contributed by atoms with Crippen LogP contribution in [0.2, 0.25) is 0 Å². The molecular weight excluding hydrogens is 256 g/mol. The molecule has 0 radical (unpaired) electrons. The first kappa shape index (κ1) is 18.5. The molecule has 0 saturated heterocycles. The van der Waals surface area contributed by atoms with Gasteiger partial charge in [0.15, 0.2) is 0 Å². The van der Waals surface area contributed by atoms with E-state index in [1.165, 1.54) is 0 Å². The van der Waals surface area contributed by atoms with E-state index in [0.717, 1.165) is 12.8 Å². The van der Waals surface area contributed by atoms with Crippen LogP contribution in [0.3, 0.4) is 0 Å². The van der Waals surface area contributed by atoms with Crippen molar-refractivity contribution in [3.8, 4) is 12.3 Å². The summed E-state index contributed by atoms with van der Waals surface area (Å²) in [7, 11) is 0. The fraction of sp³-hybridized carbons (Fsp3) is 0.733. The molecule has 0 fully saturated rings. The van der Waals surface area contributed by atoms with Gasteiger partial charge in [0.05, 0.1) is 6.04 Å². The molecule has 0 unspecified atom stereocenters. The van der Waals surface area contributed by atoms with Gasteiger partial charge in [-0.2, -0.15) is 0 Å². The summed E-state index contributed by atoms with van der Waals surface area (Å²) in [6, 6.07) is -0.454. The molecule has 0 spiro atoms. The predicted molar refractivity (Wildman–Crippen MR) is 79.1 cm³/mol. The summed E-state index contributed by atoms with van der Waals surface area (Å²) in [6.07, 6.45) is 7.59. The number of terminal acetylenes is 1. The Hall–Kier alpha value is -1.54. The number of nitrogens with two attached hydrogens (primary N) is 1. The molecule has 0 aliphatic rings. The average Bonchev–Trinajstić information content (AvgIpc) is 2.32. The number of amides is 1. The van der Waals surface area contributed by atoms with Gasteiger partial charge in [-0.15, -0.1) is 12.3 Å². The Labute approximate surface area is 121 Å². The van der Waals surface area contributed by atoms with Gasteiger partial charge in [-0.25, -0.2) is 4.79 Å². The molecule has 0 saturated carbocycles. The van der Waals surface area contributed by atoms with Crippen molar-refractivity contribution in [1.29, 1.82) is 0 Å². The lowest BCUT2D eigenvalue weighted by Gasteiger charge is -2.19. The average molecular weight is 282 g/mol. The highest BCUT2D eigenvalue weighted by molar-refractivity contribution is 5.83. The zero-order valence-corrected chi connectivity index (χ0v) is 12.7. The number of nitrogens with one attached hydrogen (secondary N) is 1. The Morgan fingerprint density at radius 2 is 2.00 bits per heavy atom. The van der Waals surface area contributed by atoms with Crippen molar-refractivity contribution in [2.24, 2.45) is 5.73 Å². The molecule has 0 aromatic carbocycles. The van der Waals surface area contributed by atoms with E-state index in [1.54, 1.807) is 0 Å². The van der Waals surface area contributed by atoms with Crippen LogP contribution in [0.5, 0.6) is 0 Å². The summed E-state index contributed by atoms with van der Waals surface area (Å²) in [4.78, 5) is 22.9. The zero-order chi connectivity index (χ0) is 15.6. The second-order valence-corrected chi connectivity index (χ2v) is 5.70. The van der Waals surface area contributed by atoms with E-state index in [4.69, 9.17) is 16.9 Å². The highest BCUT2D eigenvalue weighted by Crippen LogP contribution is 2.07. The summed E-state index contributed by atoms with van der Waals surface area (Å²) in [5.74, 6) is 2.43. The number of carbonyl (C=O) groups excluding carboxylic acids is 2. The number of ketones is 1. The van der Waals surface area contributed by atoms with Crippen LogP contribution in [-0.2, 0) is 9.53 Å². The van der Waals surface area contributed by atoms with Crippen LogP contribution in [0.1, 0.15) is 52.9 Å². The number of Topliss-reactive ketones (excluding diaryl/α,β-unsaturated/α-hetero) is 1. The van der Waals surface area contributed by atoms with Gasteiger partial charge in [0.2, 0.25) is 0 Å². The minimum Gasteiger partial charge on any atom is -0.444 e. The van der Waals surface area contributed by atoms with Gasteiger partial charge in [0.1, 0.15) is 11.4 Å². The van der Waals surface area contributed by atoms with Crippen molar-refractivity contribution in [3.63, 3.8) is 0 Å². The molecule has 0 aromatic rings. The van der Waals surface area contributed by atoms with Crippen molar-refractivity contribution >= 4 is 11.9 Å². The van der Waals surface area contributed by atoms with E-state index in [1.807, 2.05) is 20.8 Å². The van der Waals surface area contributed by atoms with Crippen LogP contribution in [0.4, 0.5) is 4.79 Å². The van der Waals surface area contributed by atoms with Crippen molar-refractivity contribution in [1.82, 2.24) is 5.32 Å². The summed E-state index contributed by atoms with van der Waals surface area (Å²) in [5.41, 5.74) is 5.26. The van der Waals surface area contributed by atoms with Gasteiger partial charge in [-0.3, -0.25) is 4.79 Å². The molecule has 5 heteroatoms. The third-order valence-corrected chi connectivity index (χ3v) is 2.54. The van der Waals surface area contributed by atoms with E-state index in [0.29, 0.717) is 25.8 Å². The molecule has 3 N–H and O–H groups in total. The lowest BCUT2D eigenvalue weighted by atomic mass is 10.0. The number of hydrogen-bond donors (Lipinski definition) is 2. The molecule has 0 aromatic heterocycles. The second kappa shape index (κ2) is 9.38. The fourth-order valence-electron chi connectivity index (χ4n) is 1.54. The Morgan fingerprint density at radius 3 is 2.55 bits per heavy atom. The van der Waals surface area contributed by atoms with Crippen LogP contribution >= 0.6 is 0 Å². The first-order valence-corrected chi connectivity index (χ1v) is 6.95. The lowest BCUT2D eigenvalue weighted by molar-refractivity contribution is -0.120. The van der Waals surface area contributed by atoms with E-state index in [9.17, 15) is 9.59 Å². The largest absolute Gasteiger partial charge is 0.444 e. The molecule has 0 rings (SSSR count). The first-order chi connectivity index (χ1) is 9.26. The molecule has 20 heavy (non-hydrogen) atoms. The Bertz CT molecular complexity index is 353. The zero-order valence-electron chi connectivity index (χ0n) is 12.7. The van der Waals surface area contributed by atoms with Crippen LogP contribution in [0, 0.1) is 12.3 Å². The quantitative estimate of drug-likeness (QED) is 0.527. The molecule has 0 heterocycles. The van der Waals surface area contributed by atoms with Gasteiger partial charge in [0, 0.05) is 19.4 Å². The predicted octanol–water partition coefficient (Wildman–Crippen LogP) is 1.99. The van der Waals surface area contributed by atoms with E-state index in [2.05, 4.69) is 11.2 Å². The SMILES string of the molecule is C#CCCC(=O)[C@@H](N)CCCCNC(=O)OC(C)(C)C. The number of carbonyl (C=O) groups is 2. The van der Waals surface area contributed by atoms with Crippen LogP contribution in [0.25, 0.3) is 0 Å². The fourth-order valence-corrected chi connectivity index (χ4v) is 1.54. The molecule has 5 nitrogen and oxygen atoms in total. The molecule has 114 valence electrons. The Kier molecular flexibility index (Phi) is 8.66. The maximum absolute atomic E-state index is 11.5.